The van der Waals surface area contributed by atoms with Gasteiger partial charge in [-0.1, -0.05) is 57.2 Å². The predicted molar refractivity (Wildman–Crippen MR) is 195 cm³/mol. The Hall–Kier alpha value is -2.81. The number of carboxylic acids is 1. The minimum Gasteiger partial charge on any atom is -1.00 e. The molecular formula is C37H58BrN3O8S. The number of anilines is 1. The van der Waals surface area contributed by atoms with Crippen molar-refractivity contribution in [2.24, 2.45) is 0 Å². The van der Waals surface area contributed by atoms with Crippen LogP contribution in [0, 0.1) is 27.7 Å². The van der Waals surface area contributed by atoms with Gasteiger partial charge in [0.1, 0.15) is 6.54 Å². The van der Waals surface area contributed by atoms with E-state index in [0.29, 0.717) is 25.3 Å². The van der Waals surface area contributed by atoms with Gasteiger partial charge in [-0.15, -0.1) is 11.8 Å². The molecule has 0 fully saturated rings. The molecular weight excluding hydrogens is 726 g/mol. The molecule has 0 spiro atoms. The molecule has 0 aliphatic rings. The van der Waals surface area contributed by atoms with E-state index in [0.717, 1.165) is 78.4 Å². The molecule has 0 aliphatic carbocycles. The molecule has 2 aromatic carbocycles. The molecule has 1 amide bonds. The van der Waals surface area contributed by atoms with Gasteiger partial charge in [0.05, 0.1) is 26.2 Å². The zero-order valence-electron chi connectivity index (χ0n) is 30.7. The SMILES string of the molecule is CCCN(CSCC[N+](CCC)(CCC)CC(=O)Cc1c(C)cccc1C)CC(=O)Nc1c(C)cccc1C.O=COC(O)C(O)C(=O)O.[Br-]. The number of aliphatic hydroxyl groups excluding tert-OH is 2. The molecule has 282 valence electrons. The van der Waals surface area contributed by atoms with Crippen LogP contribution in [0.4, 0.5) is 5.69 Å². The Labute approximate surface area is 313 Å². The van der Waals surface area contributed by atoms with Gasteiger partial charge in [0.2, 0.25) is 18.3 Å². The summed E-state index contributed by atoms with van der Waals surface area (Å²) in [5.74, 6) is 0.531. The lowest BCUT2D eigenvalue weighted by molar-refractivity contribution is -0.918. The second-order valence-electron chi connectivity index (χ2n) is 12.6. The summed E-state index contributed by atoms with van der Waals surface area (Å²) in [6.07, 6.45) is -0.418. The molecule has 2 aromatic rings. The van der Waals surface area contributed by atoms with Gasteiger partial charge < -0.3 is 46.8 Å². The first-order valence-corrected chi connectivity index (χ1v) is 18.2. The van der Waals surface area contributed by atoms with Gasteiger partial charge in [0.15, 0.2) is 5.78 Å². The Morgan fingerprint density at radius 2 is 1.44 bits per heavy atom. The standard InChI is InChI=1S/C33H51N3O2S.C4H6O6.BrH/c1-8-17-35(23-32(38)34-33-28(6)15-12-16-29(33)7)25-39-21-20-36(18-9-2,19-10-3)24-30(37)22-31-26(4)13-11-14-27(31)5;5-1-10-4(9)2(6)3(7)8;/h11-16H,8-10,17-25H2,1-7H3;1-2,4,6,9H,(H,7,8);1H. The summed E-state index contributed by atoms with van der Waals surface area (Å²) >= 11 is 1.89. The second kappa shape index (κ2) is 25.2. The number of nitrogens with one attached hydrogen (secondary N) is 1. The van der Waals surface area contributed by atoms with Crippen LogP contribution in [0.5, 0.6) is 0 Å². The molecule has 11 nitrogen and oxygen atoms in total. The maximum Gasteiger partial charge on any atom is 0.339 e. The zero-order chi connectivity index (χ0) is 37.0. The van der Waals surface area contributed by atoms with E-state index in [1.807, 2.05) is 43.8 Å². The number of aryl methyl sites for hydroxylation is 4. The maximum atomic E-state index is 13.4. The number of carbonyl (C=O) groups is 4. The van der Waals surface area contributed by atoms with E-state index in [4.69, 9.17) is 15.3 Å². The van der Waals surface area contributed by atoms with Gasteiger partial charge in [0, 0.05) is 23.7 Å². The fraction of sp³-hybridized carbons (Fsp3) is 0.568. The van der Waals surface area contributed by atoms with Gasteiger partial charge >= 0.3 is 5.97 Å². The number of amides is 1. The van der Waals surface area contributed by atoms with Gasteiger partial charge in [-0.2, -0.15) is 0 Å². The summed E-state index contributed by atoms with van der Waals surface area (Å²) in [5, 5.41) is 27.9. The molecule has 0 aromatic heterocycles. The fourth-order valence-corrected chi connectivity index (χ4v) is 7.00. The molecule has 0 aliphatic heterocycles. The Bertz CT molecular complexity index is 1300. The molecule has 0 bridgehead atoms. The van der Waals surface area contributed by atoms with Crippen molar-refractivity contribution in [3.8, 4) is 0 Å². The van der Waals surface area contributed by atoms with Crippen molar-refractivity contribution in [2.75, 3.05) is 56.2 Å². The summed E-state index contributed by atoms with van der Waals surface area (Å²) in [7, 11) is 0. The van der Waals surface area contributed by atoms with Crippen LogP contribution < -0.4 is 22.3 Å². The molecule has 50 heavy (non-hydrogen) atoms. The number of Topliss-reactive ketones (excluding diaryl/α,β-unsaturated/α-hetero) is 1. The molecule has 0 radical (unpaired) electrons. The van der Waals surface area contributed by atoms with Crippen molar-refractivity contribution >= 4 is 41.6 Å². The van der Waals surface area contributed by atoms with Crippen LogP contribution in [0.2, 0.25) is 0 Å². The van der Waals surface area contributed by atoms with Gasteiger partial charge in [-0.25, -0.2) is 4.79 Å². The number of para-hydroxylation sites is 1. The number of carbonyl (C=O) groups excluding carboxylic acids is 3. The Morgan fingerprint density at radius 3 is 1.92 bits per heavy atom. The van der Waals surface area contributed by atoms with E-state index in [1.165, 1.54) is 16.7 Å². The van der Waals surface area contributed by atoms with E-state index in [-0.39, 0.29) is 29.4 Å². The molecule has 0 heterocycles. The van der Waals surface area contributed by atoms with Crippen molar-refractivity contribution in [1.82, 2.24) is 4.90 Å². The van der Waals surface area contributed by atoms with E-state index >= 15 is 0 Å². The lowest BCUT2D eigenvalue weighted by Crippen LogP contribution is -3.00. The van der Waals surface area contributed by atoms with Crippen molar-refractivity contribution in [3.63, 3.8) is 0 Å². The molecule has 0 saturated carbocycles. The largest absolute Gasteiger partial charge is 1.00 e. The number of halogens is 1. The van der Waals surface area contributed by atoms with E-state index < -0.39 is 18.4 Å². The number of carboxylic acid groups (broad SMARTS) is 1. The number of aliphatic hydroxyl groups is 2. The van der Waals surface area contributed by atoms with Crippen molar-refractivity contribution in [1.29, 1.82) is 0 Å². The highest BCUT2D eigenvalue weighted by Gasteiger charge is 2.29. The van der Waals surface area contributed by atoms with Gasteiger partial charge in [0.25, 0.3) is 6.47 Å². The van der Waals surface area contributed by atoms with E-state index in [1.54, 1.807) is 0 Å². The van der Waals surface area contributed by atoms with E-state index in [9.17, 15) is 19.2 Å². The fourth-order valence-electron chi connectivity index (χ4n) is 5.88. The number of quaternary nitrogens is 1. The summed E-state index contributed by atoms with van der Waals surface area (Å²) in [4.78, 5) is 47.7. The highest BCUT2D eigenvalue weighted by Crippen LogP contribution is 2.21. The molecule has 2 rings (SSSR count). The highest BCUT2D eigenvalue weighted by atomic mass is 79.9. The molecule has 2 atom stereocenters. The first-order chi connectivity index (χ1) is 23.2. The van der Waals surface area contributed by atoms with Crippen LogP contribution in [-0.4, -0.2) is 112 Å². The van der Waals surface area contributed by atoms with Crippen LogP contribution in [0.1, 0.15) is 67.9 Å². The quantitative estimate of drug-likeness (QED) is 0.0601. The monoisotopic (exact) mass is 783 g/mol. The van der Waals surface area contributed by atoms with Crippen LogP contribution in [-0.2, 0) is 30.3 Å². The number of thioether (sulfide) groups is 1. The van der Waals surface area contributed by atoms with Crippen LogP contribution in [0.25, 0.3) is 0 Å². The van der Waals surface area contributed by atoms with Crippen molar-refractivity contribution in [2.45, 2.75) is 86.5 Å². The minimum atomic E-state index is -2.09. The Morgan fingerprint density at radius 1 is 0.900 bits per heavy atom. The number of hydrogen-bond acceptors (Lipinski definition) is 9. The van der Waals surface area contributed by atoms with E-state index in [2.05, 4.69) is 67.8 Å². The van der Waals surface area contributed by atoms with Crippen molar-refractivity contribution in [3.05, 3.63) is 64.2 Å². The minimum absolute atomic E-state index is 0. The number of benzene rings is 2. The van der Waals surface area contributed by atoms with Crippen LogP contribution >= 0.6 is 11.8 Å². The summed E-state index contributed by atoms with van der Waals surface area (Å²) in [6, 6.07) is 12.4. The average molecular weight is 785 g/mol. The molecule has 2 unspecified atom stereocenters. The van der Waals surface area contributed by atoms with Gasteiger partial charge in [-0.05, 0) is 81.3 Å². The lowest BCUT2D eigenvalue weighted by Gasteiger charge is -2.38. The zero-order valence-corrected chi connectivity index (χ0v) is 33.1. The summed E-state index contributed by atoms with van der Waals surface area (Å²) in [6.45, 7) is 19.7. The number of nitrogens with zero attached hydrogens (tertiary/aromatic N) is 2. The molecule has 0 saturated heterocycles. The lowest BCUT2D eigenvalue weighted by atomic mass is 9.97. The number of ketones is 1. The maximum absolute atomic E-state index is 13.4. The number of aliphatic carboxylic acids is 1. The number of ether oxygens (including phenoxy) is 1. The first-order valence-electron chi connectivity index (χ1n) is 17.0. The first kappa shape index (κ1) is 47.2. The third-order valence-corrected chi connectivity index (χ3v) is 9.30. The smallest absolute Gasteiger partial charge is 0.339 e. The third-order valence-electron chi connectivity index (χ3n) is 8.28. The van der Waals surface area contributed by atoms with Crippen molar-refractivity contribution < 1.29 is 60.7 Å². The molecule has 4 N–H and O–H groups in total. The van der Waals surface area contributed by atoms with Gasteiger partial charge in [-0.3, -0.25) is 19.3 Å². The number of hydrogen-bond donors (Lipinski definition) is 4. The third kappa shape index (κ3) is 16.9. The predicted octanol–water partition coefficient (Wildman–Crippen LogP) is 1.64. The molecule has 13 heteroatoms. The number of rotatable bonds is 22. The van der Waals surface area contributed by atoms with Crippen LogP contribution in [0.15, 0.2) is 36.4 Å². The summed E-state index contributed by atoms with van der Waals surface area (Å²) in [5.41, 5.74) is 6.72. The Balaban J connectivity index is 0.00000189. The topological polar surface area (TPSA) is 153 Å². The second-order valence-corrected chi connectivity index (χ2v) is 13.6. The Kier molecular flexibility index (Phi) is 23.8. The highest BCUT2D eigenvalue weighted by molar-refractivity contribution is 7.99. The van der Waals surface area contributed by atoms with Crippen LogP contribution in [0.3, 0.4) is 0 Å². The normalized spacial score (nSPS) is 12.2. The summed E-state index contributed by atoms with van der Waals surface area (Å²) < 4.78 is 4.57. The average Bonchev–Trinajstić information content (AvgIpc) is 3.03.